The highest BCUT2D eigenvalue weighted by Crippen LogP contribution is 2.44. The fourth-order valence-electron chi connectivity index (χ4n) is 2.02. The summed E-state index contributed by atoms with van der Waals surface area (Å²) in [6.45, 7) is 12.1. The number of nitrogens with one attached hydrogen (secondary N) is 1. The fourth-order valence-corrected chi connectivity index (χ4v) is 2.02. The van der Waals surface area contributed by atoms with E-state index in [1.807, 2.05) is 52.0 Å². The number of hydrogen-bond acceptors (Lipinski definition) is 2. The summed E-state index contributed by atoms with van der Waals surface area (Å²) in [6.07, 6.45) is 0. The van der Waals surface area contributed by atoms with Gasteiger partial charge in [0.2, 0.25) is 0 Å². The molecule has 2 aromatic carbocycles. The molecule has 0 aromatic heterocycles. The SMILES string of the molecule is CC.CC.Cc1cccc2c1Oc1c(C)cccc1N2. The molecule has 0 saturated carbocycles. The first kappa shape index (κ1) is 16.1. The van der Waals surface area contributed by atoms with Crippen molar-refractivity contribution in [2.24, 2.45) is 0 Å². The maximum absolute atomic E-state index is 5.98. The maximum Gasteiger partial charge on any atom is 0.153 e. The molecule has 1 N–H and O–H groups in total. The van der Waals surface area contributed by atoms with Gasteiger partial charge in [-0.2, -0.15) is 0 Å². The van der Waals surface area contributed by atoms with E-state index in [4.69, 9.17) is 4.74 Å². The minimum absolute atomic E-state index is 0.935. The number of aryl methyl sites for hydroxylation is 2. The Bertz CT molecular complexity index is 512. The zero-order chi connectivity index (χ0) is 15.1. The van der Waals surface area contributed by atoms with Crippen molar-refractivity contribution < 1.29 is 4.74 Å². The van der Waals surface area contributed by atoms with Crippen LogP contribution in [0.4, 0.5) is 11.4 Å². The van der Waals surface area contributed by atoms with E-state index >= 15 is 0 Å². The van der Waals surface area contributed by atoms with Crippen molar-refractivity contribution in [1.82, 2.24) is 0 Å². The molecule has 0 fully saturated rings. The Hall–Kier alpha value is -1.96. The molecule has 0 radical (unpaired) electrons. The Morgan fingerprint density at radius 2 is 1.10 bits per heavy atom. The molecule has 108 valence electrons. The largest absolute Gasteiger partial charge is 0.452 e. The lowest BCUT2D eigenvalue weighted by atomic mass is 10.1. The van der Waals surface area contributed by atoms with Crippen LogP contribution in [0.3, 0.4) is 0 Å². The summed E-state index contributed by atoms with van der Waals surface area (Å²) in [5, 5.41) is 3.40. The van der Waals surface area contributed by atoms with Crippen LogP contribution < -0.4 is 10.1 Å². The van der Waals surface area contributed by atoms with Gasteiger partial charge in [0.25, 0.3) is 0 Å². The molecular formula is C18H25NO. The Morgan fingerprint density at radius 1 is 0.700 bits per heavy atom. The second-order valence-corrected chi connectivity index (χ2v) is 4.13. The number of hydrogen-bond donors (Lipinski definition) is 1. The number of anilines is 2. The van der Waals surface area contributed by atoms with Crippen LogP contribution >= 0.6 is 0 Å². The van der Waals surface area contributed by atoms with Crippen LogP contribution in [0.5, 0.6) is 11.5 Å². The van der Waals surface area contributed by atoms with Gasteiger partial charge < -0.3 is 10.1 Å². The maximum atomic E-state index is 5.98. The first-order valence-electron chi connectivity index (χ1n) is 7.40. The summed E-state index contributed by atoms with van der Waals surface area (Å²) in [5.41, 5.74) is 4.38. The average molecular weight is 271 g/mol. The highest BCUT2D eigenvalue weighted by molar-refractivity contribution is 5.77. The second-order valence-electron chi connectivity index (χ2n) is 4.13. The lowest BCUT2D eigenvalue weighted by molar-refractivity contribution is 0.474. The van der Waals surface area contributed by atoms with E-state index in [1.165, 1.54) is 0 Å². The van der Waals surface area contributed by atoms with Gasteiger partial charge in [0.1, 0.15) is 0 Å². The third-order valence-corrected chi connectivity index (χ3v) is 2.90. The topological polar surface area (TPSA) is 21.3 Å². The molecule has 0 unspecified atom stereocenters. The molecule has 2 aromatic rings. The van der Waals surface area contributed by atoms with Gasteiger partial charge in [0.05, 0.1) is 11.4 Å². The molecule has 20 heavy (non-hydrogen) atoms. The van der Waals surface area contributed by atoms with Gasteiger partial charge in [-0.1, -0.05) is 52.0 Å². The van der Waals surface area contributed by atoms with E-state index in [2.05, 4.69) is 31.3 Å². The first-order valence-corrected chi connectivity index (χ1v) is 7.40. The fraction of sp³-hybridized carbons (Fsp3) is 0.333. The Labute approximate surface area is 122 Å². The summed E-state index contributed by atoms with van der Waals surface area (Å²) in [7, 11) is 0. The Morgan fingerprint density at radius 3 is 1.50 bits per heavy atom. The zero-order valence-corrected chi connectivity index (χ0v) is 13.4. The minimum Gasteiger partial charge on any atom is -0.452 e. The molecule has 3 rings (SSSR count). The van der Waals surface area contributed by atoms with Crippen molar-refractivity contribution in [2.45, 2.75) is 41.5 Å². The molecule has 2 heteroatoms. The minimum atomic E-state index is 0.935. The molecule has 1 aliphatic rings. The summed E-state index contributed by atoms with van der Waals surface area (Å²) in [5.74, 6) is 1.87. The van der Waals surface area contributed by atoms with Crippen LogP contribution in [0.15, 0.2) is 36.4 Å². The summed E-state index contributed by atoms with van der Waals surface area (Å²) < 4.78 is 5.98. The predicted molar refractivity (Wildman–Crippen MR) is 88.4 cm³/mol. The molecular weight excluding hydrogens is 246 g/mol. The molecule has 0 aliphatic carbocycles. The van der Waals surface area contributed by atoms with Gasteiger partial charge in [-0.3, -0.25) is 0 Å². The van der Waals surface area contributed by atoms with Crippen molar-refractivity contribution in [3.05, 3.63) is 47.5 Å². The van der Waals surface area contributed by atoms with Crippen molar-refractivity contribution in [3.63, 3.8) is 0 Å². The van der Waals surface area contributed by atoms with Gasteiger partial charge in [-0.05, 0) is 37.1 Å². The van der Waals surface area contributed by atoms with Gasteiger partial charge in [-0.15, -0.1) is 0 Å². The molecule has 0 atom stereocenters. The normalized spacial score (nSPS) is 10.3. The molecule has 0 amide bonds. The van der Waals surface area contributed by atoms with Crippen molar-refractivity contribution >= 4 is 11.4 Å². The van der Waals surface area contributed by atoms with Crippen LogP contribution in [0.1, 0.15) is 38.8 Å². The summed E-state index contributed by atoms with van der Waals surface area (Å²) in [4.78, 5) is 0. The quantitative estimate of drug-likeness (QED) is 0.525. The number of rotatable bonds is 0. The molecule has 0 bridgehead atoms. The number of fused-ring (bicyclic) bond motifs is 2. The number of benzene rings is 2. The summed E-state index contributed by atoms with van der Waals surface area (Å²) in [6, 6.07) is 12.3. The van der Waals surface area contributed by atoms with Crippen LogP contribution in [0, 0.1) is 13.8 Å². The van der Waals surface area contributed by atoms with Crippen LogP contribution in [0.2, 0.25) is 0 Å². The van der Waals surface area contributed by atoms with E-state index in [0.717, 1.165) is 34.0 Å². The van der Waals surface area contributed by atoms with E-state index in [9.17, 15) is 0 Å². The number of para-hydroxylation sites is 2. The van der Waals surface area contributed by atoms with Gasteiger partial charge >= 0.3 is 0 Å². The first-order chi connectivity index (χ1) is 9.75. The molecule has 0 spiro atoms. The van der Waals surface area contributed by atoms with Crippen LogP contribution in [0.25, 0.3) is 0 Å². The third-order valence-electron chi connectivity index (χ3n) is 2.90. The standard InChI is InChI=1S/C14H13NO.2C2H6/c1-9-5-3-7-11-13(9)16-14-10(2)6-4-8-12(14)15-11;2*1-2/h3-8,15H,1-2H3;2*1-2H3. The monoisotopic (exact) mass is 271 g/mol. The molecule has 2 nitrogen and oxygen atoms in total. The van der Waals surface area contributed by atoms with Crippen LogP contribution in [-0.4, -0.2) is 0 Å². The van der Waals surface area contributed by atoms with Crippen LogP contribution in [-0.2, 0) is 0 Å². The molecule has 1 heterocycles. The second kappa shape index (κ2) is 7.59. The highest BCUT2D eigenvalue weighted by Gasteiger charge is 2.18. The summed E-state index contributed by atoms with van der Waals surface area (Å²) >= 11 is 0. The smallest absolute Gasteiger partial charge is 0.153 e. The lowest BCUT2D eigenvalue weighted by Gasteiger charge is -2.24. The van der Waals surface area contributed by atoms with Gasteiger partial charge in [-0.25, -0.2) is 0 Å². The van der Waals surface area contributed by atoms with Gasteiger partial charge in [0.15, 0.2) is 11.5 Å². The van der Waals surface area contributed by atoms with Crippen molar-refractivity contribution in [1.29, 1.82) is 0 Å². The lowest BCUT2D eigenvalue weighted by Crippen LogP contribution is -2.04. The highest BCUT2D eigenvalue weighted by atomic mass is 16.5. The predicted octanol–water partition coefficient (Wildman–Crippen LogP) is 6.21. The van der Waals surface area contributed by atoms with Gasteiger partial charge in [0, 0.05) is 0 Å². The average Bonchev–Trinajstić information content (AvgIpc) is 2.51. The zero-order valence-electron chi connectivity index (χ0n) is 13.4. The Balaban J connectivity index is 0.000000461. The molecule has 1 aliphatic heterocycles. The van der Waals surface area contributed by atoms with E-state index in [1.54, 1.807) is 0 Å². The third kappa shape index (κ3) is 3.13. The molecule has 0 saturated heterocycles. The van der Waals surface area contributed by atoms with Crippen molar-refractivity contribution in [2.75, 3.05) is 5.32 Å². The van der Waals surface area contributed by atoms with E-state index < -0.39 is 0 Å². The van der Waals surface area contributed by atoms with E-state index in [0.29, 0.717) is 0 Å². The number of ether oxygens (including phenoxy) is 1. The van der Waals surface area contributed by atoms with Crippen molar-refractivity contribution in [3.8, 4) is 11.5 Å². The Kier molecular flexibility index (Phi) is 6.10. The van der Waals surface area contributed by atoms with E-state index in [-0.39, 0.29) is 0 Å².